The minimum absolute atomic E-state index is 0.531. The van der Waals surface area contributed by atoms with Gasteiger partial charge in [-0.2, -0.15) is 0 Å². The van der Waals surface area contributed by atoms with Gasteiger partial charge in [0.25, 0.3) is 0 Å². The molecular weight excluding hydrogens is 200 g/mol. The van der Waals surface area contributed by atoms with Crippen LogP contribution in [0.2, 0.25) is 0 Å². The van der Waals surface area contributed by atoms with Crippen molar-refractivity contribution in [3.8, 4) is 11.5 Å². The van der Waals surface area contributed by atoms with Crippen LogP contribution < -0.4 is 9.47 Å². The van der Waals surface area contributed by atoms with Crippen LogP contribution in [0.1, 0.15) is 33.6 Å². The molecule has 1 rings (SSSR count). The van der Waals surface area contributed by atoms with Crippen LogP contribution >= 0.6 is 0 Å². The summed E-state index contributed by atoms with van der Waals surface area (Å²) >= 11 is 0. The molecule has 0 aliphatic carbocycles. The Bertz CT molecular complexity index is 295. The predicted molar refractivity (Wildman–Crippen MR) is 67.2 cm³/mol. The standard InChI is InChI=1S/C14H22O2/c1-4-5-10-15-13-8-6-7-9-14(13)16-11-12(2)3/h6-9,12H,4-5,10-11H2,1-3H3. The van der Waals surface area contributed by atoms with Crippen LogP contribution in [0.15, 0.2) is 24.3 Å². The third-order valence-corrected chi connectivity index (χ3v) is 2.18. The third kappa shape index (κ3) is 4.56. The van der Waals surface area contributed by atoms with Crippen molar-refractivity contribution in [1.29, 1.82) is 0 Å². The van der Waals surface area contributed by atoms with E-state index in [0.29, 0.717) is 5.92 Å². The Labute approximate surface area is 98.6 Å². The molecule has 1 aromatic rings. The summed E-state index contributed by atoms with van der Waals surface area (Å²) in [6.07, 6.45) is 2.23. The third-order valence-electron chi connectivity index (χ3n) is 2.18. The lowest BCUT2D eigenvalue weighted by atomic mass is 10.2. The first-order valence-electron chi connectivity index (χ1n) is 6.08. The topological polar surface area (TPSA) is 18.5 Å². The van der Waals surface area contributed by atoms with E-state index in [-0.39, 0.29) is 0 Å². The van der Waals surface area contributed by atoms with Crippen molar-refractivity contribution in [2.45, 2.75) is 33.6 Å². The molecule has 0 atom stereocenters. The van der Waals surface area contributed by atoms with Crippen LogP contribution in [0, 0.1) is 5.92 Å². The molecule has 1 aromatic carbocycles. The number of unbranched alkanes of at least 4 members (excludes halogenated alkanes) is 1. The molecule has 2 nitrogen and oxygen atoms in total. The van der Waals surface area contributed by atoms with E-state index >= 15 is 0 Å². The van der Waals surface area contributed by atoms with Gasteiger partial charge in [-0.15, -0.1) is 0 Å². The van der Waals surface area contributed by atoms with Gasteiger partial charge < -0.3 is 9.47 Å². The molecule has 0 heterocycles. The Morgan fingerprint density at radius 1 is 1.06 bits per heavy atom. The zero-order valence-electron chi connectivity index (χ0n) is 10.5. The molecule has 0 radical (unpaired) electrons. The summed E-state index contributed by atoms with van der Waals surface area (Å²) in [7, 11) is 0. The number of hydrogen-bond acceptors (Lipinski definition) is 2. The van der Waals surface area contributed by atoms with Crippen LogP contribution in [0.4, 0.5) is 0 Å². The van der Waals surface area contributed by atoms with Crippen molar-refractivity contribution in [3.63, 3.8) is 0 Å². The summed E-state index contributed by atoms with van der Waals surface area (Å²) in [5.74, 6) is 2.24. The Morgan fingerprint density at radius 2 is 1.69 bits per heavy atom. The first-order valence-corrected chi connectivity index (χ1v) is 6.08. The number of benzene rings is 1. The molecule has 0 saturated heterocycles. The van der Waals surface area contributed by atoms with Gasteiger partial charge in [0.1, 0.15) is 0 Å². The maximum absolute atomic E-state index is 5.70. The van der Waals surface area contributed by atoms with Crippen LogP contribution in [0.5, 0.6) is 11.5 Å². The van der Waals surface area contributed by atoms with Gasteiger partial charge in [-0.1, -0.05) is 39.3 Å². The van der Waals surface area contributed by atoms with Gasteiger partial charge in [-0.3, -0.25) is 0 Å². The molecule has 2 heteroatoms. The zero-order valence-corrected chi connectivity index (χ0v) is 10.5. The van der Waals surface area contributed by atoms with Crippen LogP contribution in [0.3, 0.4) is 0 Å². The normalized spacial score (nSPS) is 10.5. The Kier molecular flexibility index (Phi) is 5.76. The molecule has 0 saturated carbocycles. The molecule has 90 valence electrons. The van der Waals surface area contributed by atoms with Crippen LogP contribution in [-0.2, 0) is 0 Å². The highest BCUT2D eigenvalue weighted by atomic mass is 16.5. The highest BCUT2D eigenvalue weighted by molar-refractivity contribution is 5.39. The highest BCUT2D eigenvalue weighted by Gasteiger charge is 2.04. The van der Waals surface area contributed by atoms with E-state index in [1.54, 1.807) is 0 Å². The Hall–Kier alpha value is -1.18. The summed E-state index contributed by atoms with van der Waals surface area (Å²) < 4.78 is 11.4. The average Bonchev–Trinajstić information content (AvgIpc) is 2.28. The largest absolute Gasteiger partial charge is 0.490 e. The molecule has 0 aliphatic rings. The van der Waals surface area contributed by atoms with Gasteiger partial charge in [0.05, 0.1) is 13.2 Å². The van der Waals surface area contributed by atoms with E-state index in [2.05, 4.69) is 20.8 Å². The molecule has 0 N–H and O–H groups in total. The SMILES string of the molecule is CCCCOc1ccccc1OCC(C)C. The summed E-state index contributed by atoms with van der Waals surface area (Å²) in [4.78, 5) is 0. The summed E-state index contributed by atoms with van der Waals surface area (Å²) in [5, 5.41) is 0. The first kappa shape index (κ1) is 12.9. The maximum atomic E-state index is 5.70. The van der Waals surface area contributed by atoms with Crippen molar-refractivity contribution >= 4 is 0 Å². The minimum Gasteiger partial charge on any atom is -0.490 e. The number of para-hydroxylation sites is 2. The van der Waals surface area contributed by atoms with Crippen molar-refractivity contribution in [2.75, 3.05) is 13.2 Å². The van der Waals surface area contributed by atoms with Crippen molar-refractivity contribution in [3.05, 3.63) is 24.3 Å². The van der Waals surface area contributed by atoms with E-state index in [9.17, 15) is 0 Å². The lowest BCUT2D eigenvalue weighted by Crippen LogP contribution is -2.06. The monoisotopic (exact) mass is 222 g/mol. The fourth-order valence-electron chi connectivity index (χ4n) is 1.27. The van der Waals surface area contributed by atoms with E-state index < -0.39 is 0 Å². The fourth-order valence-corrected chi connectivity index (χ4v) is 1.27. The van der Waals surface area contributed by atoms with Crippen molar-refractivity contribution in [2.24, 2.45) is 5.92 Å². The van der Waals surface area contributed by atoms with Crippen LogP contribution in [-0.4, -0.2) is 13.2 Å². The summed E-state index contributed by atoms with van der Waals surface area (Å²) in [6.45, 7) is 7.93. The molecule has 0 aromatic heterocycles. The lowest BCUT2D eigenvalue weighted by Gasteiger charge is -2.13. The van der Waals surface area contributed by atoms with E-state index in [4.69, 9.17) is 9.47 Å². The number of hydrogen-bond donors (Lipinski definition) is 0. The van der Waals surface area contributed by atoms with E-state index in [1.807, 2.05) is 24.3 Å². The molecular formula is C14H22O2. The fraction of sp³-hybridized carbons (Fsp3) is 0.571. The Balaban J connectivity index is 2.53. The van der Waals surface area contributed by atoms with Gasteiger partial charge >= 0.3 is 0 Å². The van der Waals surface area contributed by atoms with Gasteiger partial charge in [0, 0.05) is 0 Å². The van der Waals surface area contributed by atoms with Gasteiger partial charge in [-0.05, 0) is 24.5 Å². The Morgan fingerprint density at radius 3 is 2.25 bits per heavy atom. The van der Waals surface area contributed by atoms with Gasteiger partial charge in [-0.25, -0.2) is 0 Å². The quantitative estimate of drug-likeness (QED) is 0.651. The summed E-state index contributed by atoms with van der Waals surface area (Å²) in [6, 6.07) is 7.88. The predicted octanol–water partition coefficient (Wildman–Crippen LogP) is 3.90. The molecule has 0 amide bonds. The molecule has 16 heavy (non-hydrogen) atoms. The second-order valence-corrected chi connectivity index (χ2v) is 4.35. The second-order valence-electron chi connectivity index (χ2n) is 4.35. The highest BCUT2D eigenvalue weighted by Crippen LogP contribution is 2.26. The maximum Gasteiger partial charge on any atom is 0.161 e. The van der Waals surface area contributed by atoms with Gasteiger partial charge in [0.15, 0.2) is 11.5 Å². The molecule has 0 aliphatic heterocycles. The van der Waals surface area contributed by atoms with Gasteiger partial charge in [0.2, 0.25) is 0 Å². The first-order chi connectivity index (χ1) is 7.74. The smallest absolute Gasteiger partial charge is 0.161 e. The molecule has 0 unspecified atom stereocenters. The average molecular weight is 222 g/mol. The second kappa shape index (κ2) is 7.15. The molecule has 0 fully saturated rings. The van der Waals surface area contributed by atoms with Crippen molar-refractivity contribution < 1.29 is 9.47 Å². The molecule has 0 bridgehead atoms. The van der Waals surface area contributed by atoms with E-state index in [1.165, 1.54) is 0 Å². The number of ether oxygens (including phenoxy) is 2. The summed E-state index contributed by atoms with van der Waals surface area (Å²) in [5.41, 5.74) is 0. The minimum atomic E-state index is 0.531. The lowest BCUT2D eigenvalue weighted by molar-refractivity contribution is 0.242. The van der Waals surface area contributed by atoms with E-state index in [0.717, 1.165) is 37.6 Å². The number of rotatable bonds is 7. The van der Waals surface area contributed by atoms with Crippen molar-refractivity contribution in [1.82, 2.24) is 0 Å². The molecule has 0 spiro atoms. The van der Waals surface area contributed by atoms with Crippen LogP contribution in [0.25, 0.3) is 0 Å². The zero-order chi connectivity index (χ0) is 11.8.